The number of carbonyl (C=O) groups excluding carboxylic acids is 2. The fourth-order valence-electron chi connectivity index (χ4n) is 3.02. The van der Waals surface area contributed by atoms with Crippen LogP contribution in [0.4, 0.5) is 15.2 Å². The lowest BCUT2D eigenvalue weighted by Gasteiger charge is -2.16. The lowest BCUT2D eigenvalue weighted by atomic mass is 10.1. The van der Waals surface area contributed by atoms with E-state index < -0.39 is 5.92 Å². The number of halogens is 1. The Balaban J connectivity index is 1.34. The molecule has 0 radical (unpaired) electrons. The molecule has 1 aliphatic rings. The second-order valence-corrected chi connectivity index (χ2v) is 8.68. The van der Waals surface area contributed by atoms with Crippen molar-refractivity contribution in [2.45, 2.75) is 16.5 Å². The van der Waals surface area contributed by atoms with Crippen LogP contribution in [0.15, 0.2) is 58.9 Å². The third kappa shape index (κ3) is 4.63. The van der Waals surface area contributed by atoms with Gasteiger partial charge in [-0.05, 0) is 23.8 Å². The maximum absolute atomic E-state index is 13.7. The van der Waals surface area contributed by atoms with Crippen LogP contribution in [0.3, 0.4) is 0 Å². The average molecular weight is 429 g/mol. The molecule has 2 heterocycles. The van der Waals surface area contributed by atoms with E-state index in [1.807, 2.05) is 30.3 Å². The Bertz CT molecular complexity index is 1030. The molecule has 0 unspecified atom stereocenters. The molecule has 0 aliphatic carbocycles. The summed E-state index contributed by atoms with van der Waals surface area (Å²) in [5, 5.41) is 11.1. The van der Waals surface area contributed by atoms with Crippen molar-refractivity contribution >= 4 is 45.7 Å². The number of anilines is 2. The number of aromatic nitrogens is 2. The van der Waals surface area contributed by atoms with Gasteiger partial charge in [-0.1, -0.05) is 59.5 Å². The molecule has 0 saturated carbocycles. The summed E-state index contributed by atoms with van der Waals surface area (Å²) in [7, 11) is 0. The molecule has 2 amide bonds. The number of hydrogen-bond acceptors (Lipinski definition) is 6. The van der Waals surface area contributed by atoms with Crippen molar-refractivity contribution in [2.24, 2.45) is 5.92 Å². The fourth-order valence-corrected chi connectivity index (χ4v) is 4.76. The molecule has 1 atom stereocenters. The van der Waals surface area contributed by atoms with Gasteiger partial charge in [0.25, 0.3) is 0 Å². The zero-order valence-electron chi connectivity index (χ0n) is 15.2. The van der Waals surface area contributed by atoms with Crippen LogP contribution in [0.25, 0.3) is 0 Å². The molecule has 1 aromatic heterocycles. The van der Waals surface area contributed by atoms with Crippen LogP contribution in [-0.2, 0) is 15.3 Å². The molecular formula is C20H17FN4O2S2. The van der Waals surface area contributed by atoms with E-state index in [9.17, 15) is 14.0 Å². The lowest BCUT2D eigenvalue weighted by molar-refractivity contribution is -0.122. The average Bonchev–Trinajstić information content (AvgIpc) is 3.34. The fraction of sp³-hybridized carbons (Fsp3) is 0.200. The molecule has 1 aliphatic heterocycles. The quantitative estimate of drug-likeness (QED) is 0.475. The number of carbonyl (C=O) groups is 2. The van der Waals surface area contributed by atoms with Gasteiger partial charge in [0.15, 0.2) is 4.34 Å². The third-order valence-electron chi connectivity index (χ3n) is 4.51. The summed E-state index contributed by atoms with van der Waals surface area (Å²) < 4.78 is 14.3. The van der Waals surface area contributed by atoms with Crippen molar-refractivity contribution in [2.75, 3.05) is 16.8 Å². The highest BCUT2D eigenvalue weighted by atomic mass is 32.2. The lowest BCUT2D eigenvalue weighted by Crippen LogP contribution is -2.28. The summed E-state index contributed by atoms with van der Waals surface area (Å²) in [6, 6.07) is 15.9. The normalized spacial score (nSPS) is 16.2. The highest BCUT2D eigenvalue weighted by Crippen LogP contribution is 2.30. The van der Waals surface area contributed by atoms with Crippen molar-refractivity contribution in [1.29, 1.82) is 0 Å². The third-order valence-corrected chi connectivity index (χ3v) is 6.53. The minimum absolute atomic E-state index is 0.0743. The Morgan fingerprint density at radius 2 is 1.93 bits per heavy atom. The van der Waals surface area contributed by atoms with Crippen molar-refractivity contribution in [3.63, 3.8) is 0 Å². The van der Waals surface area contributed by atoms with E-state index in [1.165, 1.54) is 29.2 Å². The van der Waals surface area contributed by atoms with Crippen LogP contribution in [0.1, 0.15) is 12.0 Å². The van der Waals surface area contributed by atoms with E-state index in [-0.39, 0.29) is 24.1 Å². The first kappa shape index (κ1) is 19.5. The van der Waals surface area contributed by atoms with Crippen LogP contribution >= 0.6 is 23.1 Å². The molecular weight excluding hydrogens is 411 g/mol. The molecule has 9 heteroatoms. The van der Waals surface area contributed by atoms with Crippen LogP contribution in [0.2, 0.25) is 0 Å². The van der Waals surface area contributed by atoms with Crippen LogP contribution in [0, 0.1) is 11.7 Å². The van der Waals surface area contributed by atoms with Gasteiger partial charge in [0.1, 0.15) is 5.82 Å². The van der Waals surface area contributed by atoms with Gasteiger partial charge in [-0.2, -0.15) is 0 Å². The highest BCUT2D eigenvalue weighted by Gasteiger charge is 2.35. The van der Waals surface area contributed by atoms with E-state index >= 15 is 0 Å². The number of thioether (sulfide) groups is 1. The number of nitrogens with zero attached hydrogens (tertiary/aromatic N) is 3. The summed E-state index contributed by atoms with van der Waals surface area (Å²) in [6.45, 7) is 0.336. The van der Waals surface area contributed by atoms with Crippen molar-refractivity contribution < 1.29 is 14.0 Å². The summed E-state index contributed by atoms with van der Waals surface area (Å²) >= 11 is 2.59. The molecule has 1 N–H and O–H groups in total. The molecule has 0 bridgehead atoms. The highest BCUT2D eigenvalue weighted by molar-refractivity contribution is 8.00. The van der Waals surface area contributed by atoms with Crippen molar-refractivity contribution in [3.05, 3.63) is 66.0 Å². The zero-order chi connectivity index (χ0) is 20.2. The van der Waals surface area contributed by atoms with Gasteiger partial charge in [0.05, 0.1) is 5.92 Å². The first-order chi connectivity index (χ1) is 14.1. The summed E-state index contributed by atoms with van der Waals surface area (Å²) in [5.74, 6) is -0.598. The van der Waals surface area contributed by atoms with E-state index in [4.69, 9.17) is 0 Å². The Morgan fingerprint density at radius 3 is 2.72 bits per heavy atom. The standard InChI is InChI=1S/C20H17FN4O2S2/c21-16-9-5-4-6-13(16)12-28-20-24-23-19(29-20)22-18(27)14-10-17(26)25(11-14)15-7-2-1-3-8-15/h1-9,14H,10-12H2,(H,22,23,27)/t14-/m1/s1. The summed E-state index contributed by atoms with van der Waals surface area (Å²) in [4.78, 5) is 26.5. The van der Waals surface area contributed by atoms with Crippen LogP contribution < -0.4 is 10.2 Å². The zero-order valence-corrected chi connectivity index (χ0v) is 16.9. The maximum Gasteiger partial charge on any atom is 0.231 e. The maximum atomic E-state index is 13.7. The van der Waals surface area contributed by atoms with Gasteiger partial charge in [-0.25, -0.2) is 4.39 Å². The molecule has 1 saturated heterocycles. The summed E-state index contributed by atoms with van der Waals surface area (Å²) in [6.07, 6.45) is 0.161. The van der Waals surface area contributed by atoms with Gasteiger partial charge in [0, 0.05) is 24.4 Å². The molecule has 29 heavy (non-hydrogen) atoms. The van der Waals surface area contributed by atoms with Gasteiger partial charge in [0.2, 0.25) is 16.9 Å². The predicted molar refractivity (Wildman–Crippen MR) is 111 cm³/mol. The Morgan fingerprint density at radius 1 is 1.17 bits per heavy atom. The predicted octanol–water partition coefficient (Wildman–Crippen LogP) is 3.96. The van der Waals surface area contributed by atoms with E-state index in [1.54, 1.807) is 23.1 Å². The smallest absolute Gasteiger partial charge is 0.231 e. The molecule has 4 rings (SSSR count). The van der Waals surface area contributed by atoms with E-state index in [0.717, 1.165) is 5.69 Å². The molecule has 148 valence electrons. The molecule has 3 aromatic rings. The van der Waals surface area contributed by atoms with E-state index in [0.29, 0.717) is 27.3 Å². The Kier molecular flexibility index (Phi) is 5.86. The first-order valence-electron chi connectivity index (χ1n) is 8.96. The molecule has 2 aromatic carbocycles. The first-order valence-corrected chi connectivity index (χ1v) is 10.8. The van der Waals surface area contributed by atoms with Gasteiger partial charge in [-0.3, -0.25) is 9.59 Å². The number of hydrogen-bond donors (Lipinski definition) is 1. The topological polar surface area (TPSA) is 75.2 Å². The summed E-state index contributed by atoms with van der Waals surface area (Å²) in [5.41, 5.74) is 1.37. The molecule has 6 nitrogen and oxygen atoms in total. The van der Waals surface area contributed by atoms with Gasteiger partial charge >= 0.3 is 0 Å². The second-order valence-electron chi connectivity index (χ2n) is 6.48. The number of rotatable bonds is 6. The minimum Gasteiger partial charge on any atom is -0.312 e. The van der Waals surface area contributed by atoms with Crippen LogP contribution in [0.5, 0.6) is 0 Å². The van der Waals surface area contributed by atoms with E-state index in [2.05, 4.69) is 15.5 Å². The number of benzene rings is 2. The number of para-hydroxylation sites is 1. The van der Waals surface area contributed by atoms with Gasteiger partial charge < -0.3 is 10.2 Å². The van der Waals surface area contributed by atoms with Crippen LogP contribution in [-0.4, -0.2) is 28.6 Å². The van der Waals surface area contributed by atoms with Gasteiger partial charge in [-0.15, -0.1) is 10.2 Å². The largest absolute Gasteiger partial charge is 0.312 e. The Hall–Kier alpha value is -2.78. The Labute approximate surface area is 175 Å². The van der Waals surface area contributed by atoms with Crippen molar-refractivity contribution in [3.8, 4) is 0 Å². The monoisotopic (exact) mass is 428 g/mol. The van der Waals surface area contributed by atoms with Crippen molar-refractivity contribution in [1.82, 2.24) is 10.2 Å². The number of amides is 2. The minimum atomic E-state index is -0.443. The number of nitrogens with one attached hydrogen (secondary N) is 1. The molecule has 1 fully saturated rings. The SMILES string of the molecule is O=C(Nc1nnc(SCc2ccccc2F)s1)[C@@H]1CC(=O)N(c2ccccc2)C1. The second kappa shape index (κ2) is 8.71. The molecule has 0 spiro atoms.